The van der Waals surface area contributed by atoms with Gasteiger partial charge in [0.25, 0.3) is 0 Å². The van der Waals surface area contributed by atoms with E-state index in [-0.39, 0.29) is 0 Å². The summed E-state index contributed by atoms with van der Waals surface area (Å²) in [6, 6.07) is 0.621. The molecule has 0 rings (SSSR count). The predicted octanol–water partition coefficient (Wildman–Crippen LogP) is 2.91. The monoisotopic (exact) mass is 215 g/mol. The number of rotatable bonds is 7. The first-order valence-corrected chi connectivity index (χ1v) is 6.20. The van der Waals surface area contributed by atoms with E-state index >= 15 is 0 Å². The van der Waals surface area contributed by atoms with Crippen molar-refractivity contribution in [3.63, 3.8) is 0 Å². The van der Waals surface area contributed by atoms with Gasteiger partial charge in [-0.15, -0.1) is 0 Å². The summed E-state index contributed by atoms with van der Waals surface area (Å²) in [5.41, 5.74) is 0.361. The van der Waals surface area contributed by atoms with Crippen molar-refractivity contribution < 1.29 is 5.11 Å². The average Bonchev–Trinajstić information content (AvgIpc) is 2.14. The van der Waals surface area contributed by atoms with Gasteiger partial charge in [0.2, 0.25) is 0 Å². The summed E-state index contributed by atoms with van der Waals surface area (Å²) in [5.74, 6) is 0. The maximum atomic E-state index is 8.66. The van der Waals surface area contributed by atoms with Gasteiger partial charge in [-0.3, -0.25) is 0 Å². The van der Waals surface area contributed by atoms with E-state index < -0.39 is 0 Å². The average molecular weight is 215 g/mol. The molecule has 0 aliphatic carbocycles. The zero-order valence-electron chi connectivity index (χ0n) is 11.2. The van der Waals surface area contributed by atoms with Crippen molar-refractivity contribution in [2.24, 2.45) is 5.41 Å². The Morgan fingerprint density at radius 1 is 1.07 bits per heavy atom. The van der Waals surface area contributed by atoms with E-state index in [4.69, 9.17) is 5.11 Å². The zero-order chi connectivity index (χ0) is 11.9. The van der Waals surface area contributed by atoms with Crippen molar-refractivity contribution in [1.29, 1.82) is 0 Å². The molecule has 1 atom stereocenters. The largest absolute Gasteiger partial charge is 0.396 e. The lowest BCUT2D eigenvalue weighted by Crippen LogP contribution is -2.39. The molecule has 0 amide bonds. The molecule has 1 N–H and O–H groups in total. The lowest BCUT2D eigenvalue weighted by molar-refractivity contribution is 0.138. The van der Waals surface area contributed by atoms with Gasteiger partial charge in [0.1, 0.15) is 0 Å². The molecular weight excluding hydrogens is 186 g/mol. The van der Waals surface area contributed by atoms with Crippen LogP contribution in [0.15, 0.2) is 0 Å². The standard InChI is InChI=1S/C13H29NO/c1-12(13(2,3)4)14(5)10-8-6-7-9-11-15/h12,15H,6-11H2,1-5H3. The second kappa shape index (κ2) is 7.24. The highest BCUT2D eigenvalue weighted by molar-refractivity contribution is 4.77. The van der Waals surface area contributed by atoms with E-state index in [0.29, 0.717) is 18.1 Å². The Morgan fingerprint density at radius 3 is 2.07 bits per heavy atom. The van der Waals surface area contributed by atoms with Gasteiger partial charge in [-0.05, 0) is 38.8 Å². The third-order valence-electron chi connectivity index (χ3n) is 3.33. The highest BCUT2D eigenvalue weighted by Crippen LogP contribution is 2.23. The van der Waals surface area contributed by atoms with Crippen LogP contribution in [-0.2, 0) is 0 Å². The minimum atomic E-state index is 0.342. The van der Waals surface area contributed by atoms with E-state index in [2.05, 4.69) is 39.6 Å². The van der Waals surface area contributed by atoms with E-state index in [0.717, 1.165) is 12.8 Å². The van der Waals surface area contributed by atoms with Crippen LogP contribution in [0.3, 0.4) is 0 Å². The number of nitrogens with zero attached hydrogens (tertiary/aromatic N) is 1. The van der Waals surface area contributed by atoms with Crippen LogP contribution < -0.4 is 0 Å². The molecule has 0 aromatic heterocycles. The first-order chi connectivity index (χ1) is 6.89. The van der Waals surface area contributed by atoms with Gasteiger partial charge < -0.3 is 10.0 Å². The molecule has 0 saturated carbocycles. The molecule has 0 bridgehead atoms. The first-order valence-electron chi connectivity index (χ1n) is 6.20. The summed E-state index contributed by atoms with van der Waals surface area (Å²) in [5, 5.41) is 8.66. The molecule has 0 aromatic rings. The summed E-state index contributed by atoms with van der Waals surface area (Å²) in [6.07, 6.45) is 4.60. The van der Waals surface area contributed by atoms with Crippen molar-refractivity contribution in [2.45, 2.75) is 59.4 Å². The molecule has 0 aliphatic rings. The first kappa shape index (κ1) is 14.9. The number of hydrogen-bond acceptors (Lipinski definition) is 2. The Kier molecular flexibility index (Phi) is 7.20. The van der Waals surface area contributed by atoms with Gasteiger partial charge in [0, 0.05) is 12.6 Å². The summed E-state index contributed by atoms with van der Waals surface area (Å²) in [4.78, 5) is 2.44. The zero-order valence-corrected chi connectivity index (χ0v) is 11.2. The molecule has 0 spiro atoms. The van der Waals surface area contributed by atoms with Crippen LogP contribution in [0.5, 0.6) is 0 Å². The summed E-state index contributed by atoms with van der Waals surface area (Å²) in [6.45, 7) is 10.7. The topological polar surface area (TPSA) is 23.5 Å². The van der Waals surface area contributed by atoms with Gasteiger partial charge in [-0.25, -0.2) is 0 Å². The van der Waals surface area contributed by atoms with E-state index in [1.165, 1.54) is 19.4 Å². The van der Waals surface area contributed by atoms with E-state index in [1.807, 2.05) is 0 Å². The van der Waals surface area contributed by atoms with Crippen LogP contribution in [0.1, 0.15) is 53.4 Å². The molecule has 1 unspecified atom stereocenters. The van der Waals surface area contributed by atoms with Gasteiger partial charge in [0.05, 0.1) is 0 Å². The summed E-state index contributed by atoms with van der Waals surface area (Å²) in [7, 11) is 2.21. The lowest BCUT2D eigenvalue weighted by Gasteiger charge is -2.35. The van der Waals surface area contributed by atoms with Crippen LogP contribution in [0, 0.1) is 5.41 Å². The molecule has 2 heteroatoms. The Morgan fingerprint density at radius 2 is 1.60 bits per heavy atom. The van der Waals surface area contributed by atoms with Gasteiger partial charge in [-0.1, -0.05) is 33.6 Å². The normalized spacial score (nSPS) is 14.6. The van der Waals surface area contributed by atoms with Gasteiger partial charge >= 0.3 is 0 Å². The smallest absolute Gasteiger partial charge is 0.0431 e. The van der Waals surface area contributed by atoms with E-state index in [1.54, 1.807) is 0 Å². The minimum absolute atomic E-state index is 0.342. The maximum Gasteiger partial charge on any atom is 0.0431 e. The molecule has 15 heavy (non-hydrogen) atoms. The molecule has 0 aromatic carbocycles. The molecule has 0 radical (unpaired) electrons. The number of unbranched alkanes of at least 4 members (excludes halogenated alkanes) is 3. The van der Waals surface area contributed by atoms with E-state index in [9.17, 15) is 0 Å². The Bertz CT molecular complexity index is 151. The molecular formula is C13H29NO. The molecule has 0 fully saturated rings. The number of aliphatic hydroxyl groups excluding tert-OH is 1. The molecule has 0 heterocycles. The second-order valence-corrected chi connectivity index (χ2v) is 5.66. The van der Waals surface area contributed by atoms with Gasteiger partial charge in [0.15, 0.2) is 0 Å². The predicted molar refractivity (Wildman–Crippen MR) is 67.1 cm³/mol. The van der Waals surface area contributed by atoms with Crippen LogP contribution >= 0.6 is 0 Å². The highest BCUT2D eigenvalue weighted by atomic mass is 16.2. The fourth-order valence-corrected chi connectivity index (χ4v) is 1.68. The highest BCUT2D eigenvalue weighted by Gasteiger charge is 2.23. The fourth-order valence-electron chi connectivity index (χ4n) is 1.68. The molecule has 2 nitrogen and oxygen atoms in total. The van der Waals surface area contributed by atoms with Crippen molar-refractivity contribution in [3.8, 4) is 0 Å². The summed E-state index contributed by atoms with van der Waals surface area (Å²) >= 11 is 0. The van der Waals surface area contributed by atoms with Crippen LogP contribution in [0.2, 0.25) is 0 Å². The van der Waals surface area contributed by atoms with Gasteiger partial charge in [-0.2, -0.15) is 0 Å². The molecule has 92 valence electrons. The van der Waals surface area contributed by atoms with Crippen LogP contribution in [0.4, 0.5) is 0 Å². The molecule has 0 aliphatic heterocycles. The number of hydrogen-bond donors (Lipinski definition) is 1. The minimum Gasteiger partial charge on any atom is -0.396 e. The van der Waals surface area contributed by atoms with Crippen LogP contribution in [-0.4, -0.2) is 36.2 Å². The van der Waals surface area contributed by atoms with Crippen molar-refractivity contribution in [1.82, 2.24) is 4.90 Å². The Balaban J connectivity index is 3.60. The van der Waals surface area contributed by atoms with Crippen LogP contribution in [0.25, 0.3) is 0 Å². The quantitative estimate of drug-likeness (QED) is 0.660. The Hall–Kier alpha value is -0.0800. The summed E-state index contributed by atoms with van der Waals surface area (Å²) < 4.78 is 0. The molecule has 0 saturated heterocycles. The third kappa shape index (κ3) is 6.91. The van der Waals surface area contributed by atoms with Crippen molar-refractivity contribution in [2.75, 3.05) is 20.2 Å². The Labute approximate surface area is 95.7 Å². The van der Waals surface area contributed by atoms with Crippen molar-refractivity contribution in [3.05, 3.63) is 0 Å². The lowest BCUT2D eigenvalue weighted by atomic mass is 9.87. The number of aliphatic hydroxyl groups is 1. The van der Waals surface area contributed by atoms with Crippen molar-refractivity contribution >= 4 is 0 Å². The maximum absolute atomic E-state index is 8.66. The second-order valence-electron chi connectivity index (χ2n) is 5.66. The fraction of sp³-hybridized carbons (Fsp3) is 1.00. The SMILES string of the molecule is CC(N(C)CCCCCCO)C(C)(C)C. The third-order valence-corrected chi connectivity index (χ3v) is 3.33.